The molecule has 0 radical (unpaired) electrons. The molecule has 5 heteroatoms. The molecular weight excluding hydrogens is 250 g/mol. The third-order valence-electron chi connectivity index (χ3n) is 3.92. The minimum atomic E-state index is 0.298. The zero-order valence-electron chi connectivity index (χ0n) is 13.3. The van der Waals surface area contributed by atoms with E-state index in [4.69, 9.17) is 10.7 Å². The number of likely N-dealkylation sites (N-methyl/N-ethyl adjacent to an activating group) is 1. The molecule has 1 aromatic heterocycles. The van der Waals surface area contributed by atoms with Crippen molar-refractivity contribution in [3.05, 3.63) is 11.4 Å². The molecule has 0 aromatic carbocycles. The summed E-state index contributed by atoms with van der Waals surface area (Å²) >= 11 is 0. The lowest BCUT2D eigenvalue weighted by molar-refractivity contribution is 0.371. The average molecular weight is 277 g/mol. The van der Waals surface area contributed by atoms with E-state index in [1.54, 1.807) is 0 Å². The predicted molar refractivity (Wildman–Crippen MR) is 84.2 cm³/mol. The quantitative estimate of drug-likeness (QED) is 0.912. The van der Waals surface area contributed by atoms with Crippen molar-refractivity contribution in [2.75, 3.05) is 37.8 Å². The molecular formula is C15H27N5. The summed E-state index contributed by atoms with van der Waals surface area (Å²) in [4.78, 5) is 13.9. The van der Waals surface area contributed by atoms with Crippen LogP contribution in [0, 0.1) is 6.92 Å². The highest BCUT2D eigenvalue weighted by atomic mass is 15.3. The van der Waals surface area contributed by atoms with Crippen LogP contribution in [0.2, 0.25) is 0 Å². The highest BCUT2D eigenvalue weighted by molar-refractivity contribution is 5.57. The van der Waals surface area contributed by atoms with Crippen molar-refractivity contribution < 1.29 is 0 Å². The minimum absolute atomic E-state index is 0.298. The molecule has 2 N–H and O–H groups in total. The summed E-state index contributed by atoms with van der Waals surface area (Å²) in [5, 5.41) is 0. The van der Waals surface area contributed by atoms with Crippen LogP contribution >= 0.6 is 0 Å². The fourth-order valence-electron chi connectivity index (χ4n) is 2.80. The van der Waals surface area contributed by atoms with Crippen LogP contribution in [0.1, 0.15) is 44.0 Å². The van der Waals surface area contributed by atoms with Crippen molar-refractivity contribution in [1.82, 2.24) is 14.9 Å². The molecule has 0 spiro atoms. The molecule has 5 nitrogen and oxygen atoms in total. The van der Waals surface area contributed by atoms with E-state index in [0.29, 0.717) is 17.8 Å². The van der Waals surface area contributed by atoms with E-state index < -0.39 is 0 Å². The number of anilines is 2. The van der Waals surface area contributed by atoms with Crippen LogP contribution in [-0.2, 0) is 0 Å². The Hall–Kier alpha value is -1.36. The van der Waals surface area contributed by atoms with Crippen molar-refractivity contribution in [3.8, 4) is 0 Å². The summed E-state index contributed by atoms with van der Waals surface area (Å²) in [5.74, 6) is 2.80. The maximum absolute atomic E-state index is 6.09. The molecule has 0 aliphatic carbocycles. The molecule has 1 fully saturated rings. The van der Waals surface area contributed by atoms with Crippen LogP contribution < -0.4 is 10.6 Å². The molecule has 20 heavy (non-hydrogen) atoms. The van der Waals surface area contributed by atoms with Gasteiger partial charge in [-0.15, -0.1) is 0 Å². The summed E-state index contributed by atoms with van der Waals surface area (Å²) < 4.78 is 0. The van der Waals surface area contributed by atoms with Gasteiger partial charge in [0.2, 0.25) is 0 Å². The van der Waals surface area contributed by atoms with E-state index in [1.807, 2.05) is 6.92 Å². The number of nitrogen functional groups attached to an aromatic ring is 1. The fourth-order valence-corrected chi connectivity index (χ4v) is 2.80. The lowest BCUT2D eigenvalue weighted by Gasteiger charge is -2.30. The Kier molecular flexibility index (Phi) is 4.48. The molecule has 2 heterocycles. The molecule has 0 saturated carbocycles. The second-order valence-electron chi connectivity index (χ2n) is 6.32. The van der Waals surface area contributed by atoms with Gasteiger partial charge in [-0.1, -0.05) is 13.8 Å². The normalized spacial score (nSPS) is 19.4. The van der Waals surface area contributed by atoms with Gasteiger partial charge < -0.3 is 15.5 Å². The Balaban J connectivity index is 2.35. The third kappa shape index (κ3) is 3.03. The smallest absolute Gasteiger partial charge is 0.137 e. The first-order valence-electron chi connectivity index (χ1n) is 7.45. The third-order valence-corrected chi connectivity index (χ3v) is 3.92. The van der Waals surface area contributed by atoms with Crippen molar-refractivity contribution in [2.24, 2.45) is 0 Å². The zero-order valence-corrected chi connectivity index (χ0v) is 13.3. The molecule has 1 aliphatic rings. The highest BCUT2D eigenvalue weighted by Gasteiger charge is 2.28. The minimum Gasteiger partial charge on any atom is -0.383 e. The van der Waals surface area contributed by atoms with Crippen LogP contribution in [0.4, 0.5) is 11.6 Å². The van der Waals surface area contributed by atoms with Gasteiger partial charge in [-0.05, 0) is 33.9 Å². The number of hydrogen-bond donors (Lipinski definition) is 1. The molecule has 2 rings (SSSR count). The molecule has 0 bridgehead atoms. The highest BCUT2D eigenvalue weighted by Crippen LogP contribution is 2.30. The molecule has 1 saturated heterocycles. The van der Waals surface area contributed by atoms with Crippen LogP contribution in [0.25, 0.3) is 0 Å². The molecule has 1 aliphatic heterocycles. The van der Waals surface area contributed by atoms with Crippen molar-refractivity contribution >= 4 is 11.6 Å². The maximum atomic E-state index is 6.09. The number of nitrogens with zero attached hydrogens (tertiary/aromatic N) is 4. The van der Waals surface area contributed by atoms with Crippen LogP contribution in [0.15, 0.2) is 0 Å². The maximum Gasteiger partial charge on any atom is 0.137 e. The Morgan fingerprint density at radius 3 is 2.65 bits per heavy atom. The van der Waals surface area contributed by atoms with Gasteiger partial charge in [-0.25, -0.2) is 9.97 Å². The van der Waals surface area contributed by atoms with E-state index >= 15 is 0 Å². The number of rotatable bonds is 4. The predicted octanol–water partition coefficient (Wildman–Crippen LogP) is 2.02. The van der Waals surface area contributed by atoms with E-state index in [1.165, 1.54) is 12.8 Å². The first kappa shape index (κ1) is 15.0. The van der Waals surface area contributed by atoms with Crippen LogP contribution in [0.5, 0.6) is 0 Å². The van der Waals surface area contributed by atoms with Crippen molar-refractivity contribution in [3.63, 3.8) is 0 Å². The standard InChI is InChI=1S/C15H27N5/c1-10(2)14-17-13(16)11(3)15(18-14)20-8-6-7-12(20)9-19(4)5/h10,12H,6-9H2,1-5H3,(H2,16,17,18). The Bertz CT molecular complexity index is 470. The molecule has 112 valence electrons. The second kappa shape index (κ2) is 5.95. The summed E-state index contributed by atoms with van der Waals surface area (Å²) in [7, 11) is 4.24. The monoisotopic (exact) mass is 277 g/mol. The van der Waals surface area contributed by atoms with E-state index in [0.717, 1.165) is 30.3 Å². The largest absolute Gasteiger partial charge is 0.383 e. The van der Waals surface area contributed by atoms with Gasteiger partial charge in [-0.2, -0.15) is 0 Å². The van der Waals surface area contributed by atoms with Gasteiger partial charge in [-0.3, -0.25) is 0 Å². The fraction of sp³-hybridized carbons (Fsp3) is 0.733. The van der Waals surface area contributed by atoms with Gasteiger partial charge >= 0.3 is 0 Å². The molecule has 1 unspecified atom stereocenters. The van der Waals surface area contributed by atoms with Gasteiger partial charge in [0.1, 0.15) is 17.5 Å². The summed E-state index contributed by atoms with van der Waals surface area (Å²) in [6, 6.07) is 0.526. The summed E-state index contributed by atoms with van der Waals surface area (Å²) in [6.07, 6.45) is 2.44. The van der Waals surface area contributed by atoms with Gasteiger partial charge in [0.05, 0.1) is 0 Å². The Morgan fingerprint density at radius 2 is 2.05 bits per heavy atom. The molecule has 1 aromatic rings. The number of nitrogens with two attached hydrogens (primary N) is 1. The Morgan fingerprint density at radius 1 is 1.35 bits per heavy atom. The Labute approximate surface area is 122 Å². The lowest BCUT2D eigenvalue weighted by atomic mass is 10.1. The van der Waals surface area contributed by atoms with Crippen LogP contribution in [0.3, 0.4) is 0 Å². The van der Waals surface area contributed by atoms with Gasteiger partial charge in [0, 0.05) is 30.6 Å². The van der Waals surface area contributed by atoms with Gasteiger partial charge in [0.15, 0.2) is 0 Å². The van der Waals surface area contributed by atoms with E-state index in [-0.39, 0.29) is 0 Å². The van der Waals surface area contributed by atoms with E-state index in [9.17, 15) is 0 Å². The van der Waals surface area contributed by atoms with Crippen molar-refractivity contribution in [1.29, 1.82) is 0 Å². The summed E-state index contributed by atoms with van der Waals surface area (Å²) in [5.41, 5.74) is 7.10. The number of hydrogen-bond acceptors (Lipinski definition) is 5. The van der Waals surface area contributed by atoms with E-state index in [2.05, 4.69) is 42.7 Å². The lowest BCUT2D eigenvalue weighted by Crippen LogP contribution is -2.38. The van der Waals surface area contributed by atoms with Crippen molar-refractivity contribution in [2.45, 2.75) is 45.6 Å². The van der Waals surface area contributed by atoms with Crippen LogP contribution in [-0.4, -0.2) is 48.1 Å². The molecule has 0 amide bonds. The topological polar surface area (TPSA) is 58.3 Å². The van der Waals surface area contributed by atoms with Gasteiger partial charge in [0.25, 0.3) is 0 Å². The summed E-state index contributed by atoms with van der Waals surface area (Å²) in [6.45, 7) is 8.36. The first-order chi connectivity index (χ1) is 9.40. The zero-order chi connectivity index (χ0) is 14.9. The number of aromatic nitrogens is 2. The first-order valence-corrected chi connectivity index (χ1v) is 7.45. The average Bonchev–Trinajstić information content (AvgIpc) is 2.79. The SMILES string of the molecule is Cc1c(N)nc(C(C)C)nc1N1CCCC1CN(C)C. The molecule has 1 atom stereocenters. The second-order valence-corrected chi connectivity index (χ2v) is 6.32.